The van der Waals surface area contributed by atoms with E-state index in [1.165, 1.54) is 15.2 Å². The predicted octanol–water partition coefficient (Wildman–Crippen LogP) is 0.783. The van der Waals surface area contributed by atoms with Crippen molar-refractivity contribution in [2.45, 2.75) is 26.9 Å². The third-order valence-corrected chi connectivity index (χ3v) is 3.02. The molecule has 4 nitrogen and oxygen atoms in total. The third-order valence-electron chi connectivity index (χ3n) is 2.14. The van der Waals surface area contributed by atoms with Gasteiger partial charge in [0.1, 0.15) is 0 Å². The summed E-state index contributed by atoms with van der Waals surface area (Å²) in [6.07, 6.45) is 1.55. The lowest BCUT2D eigenvalue weighted by molar-refractivity contribution is 0.590. The van der Waals surface area contributed by atoms with Crippen LogP contribution in [0.3, 0.4) is 0 Å². The highest BCUT2D eigenvalue weighted by Gasteiger charge is 2.02. The van der Waals surface area contributed by atoms with Crippen molar-refractivity contribution in [2.24, 2.45) is 0 Å². The van der Waals surface area contributed by atoms with Crippen LogP contribution in [0.25, 0.3) is 0 Å². The Bertz CT molecular complexity index is 422. The van der Waals surface area contributed by atoms with Gasteiger partial charge in [-0.1, -0.05) is 6.92 Å². The highest BCUT2D eigenvalue weighted by molar-refractivity contribution is 7.99. The van der Waals surface area contributed by atoms with E-state index >= 15 is 0 Å². The van der Waals surface area contributed by atoms with E-state index in [-0.39, 0.29) is 11.2 Å². The van der Waals surface area contributed by atoms with E-state index in [0.29, 0.717) is 13.1 Å². The lowest BCUT2D eigenvalue weighted by Crippen LogP contribution is -2.39. The van der Waals surface area contributed by atoms with E-state index in [2.05, 4.69) is 6.92 Å². The van der Waals surface area contributed by atoms with Gasteiger partial charge < -0.3 is 4.57 Å². The predicted molar refractivity (Wildman–Crippen MR) is 63.6 cm³/mol. The third kappa shape index (κ3) is 2.99. The summed E-state index contributed by atoms with van der Waals surface area (Å²) in [5, 5.41) is 0. The second-order valence-electron chi connectivity index (χ2n) is 3.07. The standard InChI is InChI=1S/C10H16N2O2S/c1-3-11-6-5-9(13)12(10(11)14)7-8-15-4-2/h5-6H,3-4,7-8H2,1-2H3. The normalized spacial score (nSPS) is 10.5. The lowest BCUT2D eigenvalue weighted by Gasteiger charge is -2.07. The summed E-state index contributed by atoms with van der Waals surface area (Å²) >= 11 is 1.73. The van der Waals surface area contributed by atoms with Gasteiger partial charge in [-0.2, -0.15) is 11.8 Å². The maximum Gasteiger partial charge on any atom is 0.330 e. The molecule has 15 heavy (non-hydrogen) atoms. The zero-order valence-corrected chi connectivity index (χ0v) is 9.92. The first kappa shape index (κ1) is 12.1. The second kappa shape index (κ2) is 5.80. The van der Waals surface area contributed by atoms with Crippen molar-refractivity contribution in [1.29, 1.82) is 0 Å². The van der Waals surface area contributed by atoms with Gasteiger partial charge in [-0.25, -0.2) is 4.79 Å². The summed E-state index contributed by atoms with van der Waals surface area (Å²) < 4.78 is 2.84. The summed E-state index contributed by atoms with van der Waals surface area (Å²) in [4.78, 5) is 23.2. The zero-order valence-electron chi connectivity index (χ0n) is 9.10. The summed E-state index contributed by atoms with van der Waals surface area (Å²) in [5.74, 6) is 1.81. The van der Waals surface area contributed by atoms with Crippen LogP contribution in [0.1, 0.15) is 13.8 Å². The summed E-state index contributed by atoms with van der Waals surface area (Å²) in [6.45, 7) is 5.04. The van der Waals surface area contributed by atoms with Crippen LogP contribution in [0.15, 0.2) is 21.9 Å². The van der Waals surface area contributed by atoms with Crippen LogP contribution in [0, 0.1) is 0 Å². The molecule has 0 N–H and O–H groups in total. The molecule has 1 aromatic heterocycles. The second-order valence-corrected chi connectivity index (χ2v) is 4.46. The van der Waals surface area contributed by atoms with Crippen LogP contribution in [0.4, 0.5) is 0 Å². The first-order valence-electron chi connectivity index (χ1n) is 5.08. The molecule has 5 heteroatoms. The number of aromatic nitrogens is 2. The van der Waals surface area contributed by atoms with E-state index in [1.807, 2.05) is 6.92 Å². The maximum absolute atomic E-state index is 11.7. The Hall–Kier alpha value is -0.970. The molecule has 0 aliphatic heterocycles. The van der Waals surface area contributed by atoms with Crippen molar-refractivity contribution in [3.8, 4) is 0 Å². The van der Waals surface area contributed by atoms with Crippen molar-refractivity contribution in [3.63, 3.8) is 0 Å². The molecule has 0 fully saturated rings. The van der Waals surface area contributed by atoms with Gasteiger partial charge >= 0.3 is 5.69 Å². The molecule has 1 rings (SSSR count). The van der Waals surface area contributed by atoms with Crippen LogP contribution in [-0.4, -0.2) is 20.6 Å². The quantitative estimate of drug-likeness (QED) is 0.700. The summed E-state index contributed by atoms with van der Waals surface area (Å²) in [5.41, 5.74) is -0.414. The van der Waals surface area contributed by atoms with E-state index in [9.17, 15) is 9.59 Å². The zero-order chi connectivity index (χ0) is 11.3. The molecule has 0 radical (unpaired) electrons. The molecular formula is C10H16N2O2S. The molecule has 0 aromatic carbocycles. The largest absolute Gasteiger partial charge is 0.330 e. The highest BCUT2D eigenvalue weighted by atomic mass is 32.2. The molecule has 84 valence electrons. The first-order valence-corrected chi connectivity index (χ1v) is 6.24. The topological polar surface area (TPSA) is 44.0 Å². The molecule has 0 spiro atoms. The van der Waals surface area contributed by atoms with Crippen LogP contribution in [0.2, 0.25) is 0 Å². The summed E-state index contributed by atoms with van der Waals surface area (Å²) in [7, 11) is 0. The molecule has 0 saturated carbocycles. The monoisotopic (exact) mass is 228 g/mol. The fraction of sp³-hybridized carbons (Fsp3) is 0.600. The molecule has 0 bridgehead atoms. The molecule has 0 unspecified atom stereocenters. The van der Waals surface area contributed by atoms with E-state index in [1.54, 1.807) is 18.0 Å². The molecular weight excluding hydrogens is 212 g/mol. The number of hydrogen-bond donors (Lipinski definition) is 0. The molecule has 1 heterocycles. The highest BCUT2D eigenvalue weighted by Crippen LogP contribution is 1.97. The molecule has 0 aliphatic carbocycles. The van der Waals surface area contributed by atoms with E-state index < -0.39 is 0 Å². The van der Waals surface area contributed by atoms with Gasteiger partial charge in [-0.3, -0.25) is 9.36 Å². The number of aryl methyl sites for hydroxylation is 1. The van der Waals surface area contributed by atoms with Crippen molar-refractivity contribution >= 4 is 11.8 Å². The van der Waals surface area contributed by atoms with Crippen molar-refractivity contribution in [2.75, 3.05) is 11.5 Å². The van der Waals surface area contributed by atoms with E-state index in [4.69, 9.17) is 0 Å². The number of hydrogen-bond acceptors (Lipinski definition) is 3. The Kier molecular flexibility index (Phi) is 4.68. The van der Waals surface area contributed by atoms with Crippen molar-refractivity contribution in [1.82, 2.24) is 9.13 Å². The van der Waals surface area contributed by atoms with Crippen molar-refractivity contribution < 1.29 is 0 Å². The van der Waals surface area contributed by atoms with Gasteiger partial charge in [-0.15, -0.1) is 0 Å². The van der Waals surface area contributed by atoms with Crippen LogP contribution in [-0.2, 0) is 13.1 Å². The average molecular weight is 228 g/mol. The van der Waals surface area contributed by atoms with Crippen LogP contribution >= 0.6 is 11.8 Å². The van der Waals surface area contributed by atoms with Gasteiger partial charge in [0.15, 0.2) is 0 Å². The minimum Gasteiger partial charge on any atom is -0.301 e. The minimum atomic E-state index is -0.207. The Morgan fingerprint density at radius 3 is 2.67 bits per heavy atom. The Labute approximate surface area is 92.9 Å². The number of rotatable bonds is 5. The van der Waals surface area contributed by atoms with Crippen molar-refractivity contribution in [3.05, 3.63) is 33.1 Å². The summed E-state index contributed by atoms with van der Waals surface area (Å²) in [6, 6.07) is 1.45. The number of thioether (sulfide) groups is 1. The Morgan fingerprint density at radius 1 is 1.33 bits per heavy atom. The Balaban J connectivity index is 2.95. The van der Waals surface area contributed by atoms with Gasteiger partial charge in [0.2, 0.25) is 0 Å². The lowest BCUT2D eigenvalue weighted by atomic mass is 10.5. The van der Waals surface area contributed by atoms with Gasteiger partial charge in [0.05, 0.1) is 0 Å². The van der Waals surface area contributed by atoms with E-state index in [0.717, 1.165) is 11.5 Å². The van der Waals surface area contributed by atoms with Crippen LogP contribution in [0.5, 0.6) is 0 Å². The number of nitrogens with zero attached hydrogens (tertiary/aromatic N) is 2. The molecule has 0 aliphatic rings. The molecule has 0 saturated heterocycles. The SMILES string of the molecule is CCSCCn1c(=O)ccn(CC)c1=O. The van der Waals surface area contributed by atoms with Crippen LogP contribution < -0.4 is 11.2 Å². The molecule has 0 atom stereocenters. The molecule has 1 aromatic rings. The smallest absolute Gasteiger partial charge is 0.301 e. The minimum absolute atomic E-state index is 0.207. The van der Waals surface area contributed by atoms with Gasteiger partial charge in [-0.05, 0) is 12.7 Å². The fourth-order valence-corrected chi connectivity index (χ4v) is 1.90. The fourth-order valence-electron chi connectivity index (χ4n) is 1.30. The van der Waals surface area contributed by atoms with Gasteiger partial charge in [0.25, 0.3) is 5.56 Å². The maximum atomic E-state index is 11.7. The molecule has 0 amide bonds. The van der Waals surface area contributed by atoms with Gasteiger partial charge in [0, 0.05) is 31.1 Å². The first-order chi connectivity index (χ1) is 7.20. The average Bonchev–Trinajstić information content (AvgIpc) is 2.23. The Morgan fingerprint density at radius 2 is 2.07 bits per heavy atom.